The van der Waals surface area contributed by atoms with Crippen LogP contribution in [0.4, 0.5) is 10.1 Å². The number of anilines is 1. The minimum atomic E-state index is -0.907. The second-order valence-electron chi connectivity index (χ2n) is 9.35. The fourth-order valence-electron chi connectivity index (χ4n) is 4.53. The van der Waals surface area contributed by atoms with Crippen molar-refractivity contribution < 1.29 is 19.3 Å². The number of aliphatic hydroxyl groups is 2. The summed E-state index contributed by atoms with van der Waals surface area (Å²) in [5.74, 6) is 0.422. The molecular formula is C28H34FN5O3. The summed E-state index contributed by atoms with van der Waals surface area (Å²) in [6.45, 7) is 6.44. The monoisotopic (exact) mass is 507 g/mol. The summed E-state index contributed by atoms with van der Waals surface area (Å²) in [4.78, 5) is 0. The smallest absolute Gasteiger partial charge is 0.141 e. The molecule has 0 aromatic heterocycles. The SMILES string of the molecule is Cc1cc(OC[C@@H](O)CO)cc(C)c1-c1cccc(CNc2ccc(CCC3N=NNN3)c(F)c2)c1C. The van der Waals surface area contributed by atoms with Crippen molar-refractivity contribution in [2.24, 2.45) is 10.3 Å². The molecule has 9 heteroatoms. The van der Waals surface area contributed by atoms with Gasteiger partial charge in [-0.2, -0.15) is 5.43 Å². The average molecular weight is 508 g/mol. The van der Waals surface area contributed by atoms with E-state index in [1.807, 2.05) is 44.2 Å². The van der Waals surface area contributed by atoms with Crippen molar-refractivity contribution in [1.82, 2.24) is 11.0 Å². The molecule has 5 N–H and O–H groups in total. The second kappa shape index (κ2) is 12.1. The van der Waals surface area contributed by atoms with Crippen molar-refractivity contribution in [3.8, 4) is 16.9 Å². The Morgan fingerprint density at radius 3 is 2.54 bits per heavy atom. The van der Waals surface area contributed by atoms with Crippen LogP contribution >= 0.6 is 0 Å². The Balaban J connectivity index is 1.44. The third kappa shape index (κ3) is 6.62. The Bertz CT molecular complexity index is 1240. The lowest BCUT2D eigenvalue weighted by Crippen LogP contribution is -2.30. The molecule has 1 heterocycles. The average Bonchev–Trinajstić information content (AvgIpc) is 3.40. The first-order chi connectivity index (χ1) is 17.9. The highest BCUT2D eigenvalue weighted by Gasteiger charge is 2.15. The summed E-state index contributed by atoms with van der Waals surface area (Å²) < 4.78 is 20.3. The molecule has 4 rings (SSSR count). The molecule has 0 radical (unpaired) electrons. The van der Waals surface area contributed by atoms with E-state index in [1.165, 1.54) is 6.07 Å². The third-order valence-corrected chi connectivity index (χ3v) is 6.58. The molecule has 0 bridgehead atoms. The van der Waals surface area contributed by atoms with Crippen LogP contribution in [-0.2, 0) is 13.0 Å². The Morgan fingerprint density at radius 1 is 1.08 bits per heavy atom. The molecule has 0 spiro atoms. The zero-order valence-corrected chi connectivity index (χ0v) is 21.4. The summed E-state index contributed by atoms with van der Waals surface area (Å²) in [7, 11) is 0. The Kier molecular flexibility index (Phi) is 8.70. The van der Waals surface area contributed by atoms with E-state index in [-0.39, 0.29) is 25.2 Å². The normalized spacial score (nSPS) is 15.5. The standard InChI is InChI=1S/C28H34FN5O3/c1-17-11-24(37-16-23(36)15-35)12-18(2)28(17)25-6-4-5-21(19(25)3)14-30-22-9-7-20(26(29)13-22)8-10-27-31-33-34-32-27/h4-7,9,11-13,23,27,30,35-36H,8,10,14-16H2,1-3H3,(H,31,34)(H,32,33)/t23-/m0/s1. The number of hydrogen-bond acceptors (Lipinski definition) is 8. The molecule has 3 aromatic rings. The van der Waals surface area contributed by atoms with Crippen molar-refractivity contribution in [3.63, 3.8) is 0 Å². The molecular weight excluding hydrogens is 473 g/mol. The number of nitrogens with one attached hydrogen (secondary N) is 3. The van der Waals surface area contributed by atoms with Gasteiger partial charge in [0.15, 0.2) is 0 Å². The maximum Gasteiger partial charge on any atom is 0.141 e. The Morgan fingerprint density at radius 2 is 1.86 bits per heavy atom. The van der Waals surface area contributed by atoms with E-state index in [0.29, 0.717) is 30.7 Å². The molecule has 1 aliphatic heterocycles. The second-order valence-corrected chi connectivity index (χ2v) is 9.35. The largest absolute Gasteiger partial charge is 0.491 e. The maximum absolute atomic E-state index is 14.7. The quantitative estimate of drug-likeness (QED) is 0.262. The minimum absolute atomic E-state index is 0.0394. The molecule has 196 valence electrons. The van der Waals surface area contributed by atoms with Gasteiger partial charge in [-0.1, -0.05) is 29.5 Å². The van der Waals surface area contributed by atoms with Gasteiger partial charge in [0.25, 0.3) is 0 Å². The van der Waals surface area contributed by atoms with Gasteiger partial charge in [-0.25, -0.2) is 9.93 Å². The summed E-state index contributed by atoms with van der Waals surface area (Å²) >= 11 is 0. The number of aryl methyl sites for hydroxylation is 3. The van der Waals surface area contributed by atoms with Gasteiger partial charge in [0.2, 0.25) is 0 Å². The summed E-state index contributed by atoms with van der Waals surface area (Å²) in [5.41, 5.74) is 13.5. The number of benzene rings is 3. The van der Waals surface area contributed by atoms with Gasteiger partial charge in [0.1, 0.15) is 30.4 Å². The van der Waals surface area contributed by atoms with E-state index >= 15 is 0 Å². The van der Waals surface area contributed by atoms with E-state index in [9.17, 15) is 9.50 Å². The Hall–Kier alpha value is -3.53. The van der Waals surface area contributed by atoms with Crippen molar-refractivity contribution in [1.29, 1.82) is 0 Å². The first-order valence-electron chi connectivity index (χ1n) is 12.4. The third-order valence-electron chi connectivity index (χ3n) is 6.58. The molecule has 0 aliphatic carbocycles. The van der Waals surface area contributed by atoms with Gasteiger partial charge >= 0.3 is 0 Å². The lowest BCUT2D eigenvalue weighted by atomic mass is 9.90. The predicted molar refractivity (Wildman–Crippen MR) is 142 cm³/mol. The highest BCUT2D eigenvalue weighted by Crippen LogP contribution is 2.34. The molecule has 1 unspecified atom stereocenters. The number of nitrogens with zero attached hydrogens (tertiary/aromatic N) is 2. The number of aliphatic hydroxyl groups excluding tert-OH is 2. The first kappa shape index (κ1) is 26.5. The lowest BCUT2D eigenvalue weighted by Gasteiger charge is -2.18. The van der Waals surface area contributed by atoms with Crippen LogP contribution in [-0.4, -0.2) is 35.7 Å². The molecule has 0 saturated heterocycles. The zero-order chi connectivity index (χ0) is 26.4. The van der Waals surface area contributed by atoms with Crippen LogP contribution in [0.2, 0.25) is 0 Å². The van der Waals surface area contributed by atoms with Crippen molar-refractivity contribution in [2.45, 2.75) is 52.4 Å². The van der Waals surface area contributed by atoms with Crippen molar-refractivity contribution >= 4 is 5.69 Å². The van der Waals surface area contributed by atoms with Crippen LogP contribution in [0.25, 0.3) is 11.1 Å². The fraction of sp³-hybridized carbons (Fsp3) is 0.357. The van der Waals surface area contributed by atoms with Crippen LogP contribution in [0, 0.1) is 26.6 Å². The first-order valence-corrected chi connectivity index (χ1v) is 12.4. The molecule has 0 amide bonds. The van der Waals surface area contributed by atoms with Gasteiger partial charge in [0, 0.05) is 12.2 Å². The van der Waals surface area contributed by atoms with E-state index in [4.69, 9.17) is 9.84 Å². The van der Waals surface area contributed by atoms with Crippen LogP contribution in [0.3, 0.4) is 0 Å². The van der Waals surface area contributed by atoms with Gasteiger partial charge in [-0.15, -0.1) is 5.11 Å². The minimum Gasteiger partial charge on any atom is -0.491 e. The van der Waals surface area contributed by atoms with Crippen LogP contribution in [0.15, 0.2) is 58.9 Å². The topological polar surface area (TPSA) is 110 Å². The molecule has 0 saturated carbocycles. The highest BCUT2D eigenvalue weighted by molar-refractivity contribution is 5.75. The summed E-state index contributed by atoms with van der Waals surface area (Å²) in [5, 5.41) is 29.6. The molecule has 0 fully saturated rings. The summed E-state index contributed by atoms with van der Waals surface area (Å²) in [6, 6.07) is 15.4. The predicted octanol–water partition coefficient (Wildman–Crippen LogP) is 4.50. The molecule has 2 atom stereocenters. The van der Waals surface area contributed by atoms with E-state index < -0.39 is 6.10 Å². The highest BCUT2D eigenvalue weighted by atomic mass is 19.1. The maximum atomic E-state index is 14.7. The number of rotatable bonds is 11. The summed E-state index contributed by atoms with van der Waals surface area (Å²) in [6.07, 6.45) is 0.178. The lowest BCUT2D eigenvalue weighted by molar-refractivity contribution is 0.0536. The molecule has 3 aromatic carbocycles. The molecule has 8 nitrogen and oxygen atoms in total. The van der Waals surface area contributed by atoms with E-state index in [1.54, 1.807) is 0 Å². The number of ether oxygens (including phenoxy) is 1. The number of hydrogen-bond donors (Lipinski definition) is 5. The van der Waals surface area contributed by atoms with Gasteiger partial charge in [0.05, 0.1) is 6.61 Å². The van der Waals surface area contributed by atoms with Crippen LogP contribution < -0.4 is 21.0 Å². The van der Waals surface area contributed by atoms with Gasteiger partial charge < -0.3 is 20.3 Å². The van der Waals surface area contributed by atoms with Gasteiger partial charge in [-0.3, -0.25) is 0 Å². The van der Waals surface area contributed by atoms with Crippen LogP contribution in [0.1, 0.15) is 34.2 Å². The Labute approximate surface area is 216 Å². The van der Waals surface area contributed by atoms with Crippen LogP contribution in [0.5, 0.6) is 5.75 Å². The van der Waals surface area contributed by atoms with Crippen molar-refractivity contribution in [2.75, 3.05) is 18.5 Å². The fourth-order valence-corrected chi connectivity index (χ4v) is 4.53. The molecule has 1 aliphatic rings. The van der Waals surface area contributed by atoms with E-state index in [2.05, 4.69) is 45.7 Å². The number of halogens is 1. The van der Waals surface area contributed by atoms with E-state index in [0.717, 1.165) is 39.1 Å². The molecule has 37 heavy (non-hydrogen) atoms. The van der Waals surface area contributed by atoms with Crippen molar-refractivity contribution in [3.05, 3.63) is 82.2 Å². The zero-order valence-electron chi connectivity index (χ0n) is 21.4. The number of hydrazine groups is 1. The van der Waals surface area contributed by atoms with Gasteiger partial charge in [-0.05, 0) is 96.8 Å².